The van der Waals surface area contributed by atoms with Crippen LogP contribution in [0.3, 0.4) is 0 Å². The number of thioether (sulfide) groups is 1. The highest BCUT2D eigenvalue weighted by atomic mass is 32.2. The second-order valence-corrected chi connectivity index (χ2v) is 5.17. The molecule has 0 amide bonds. The van der Waals surface area contributed by atoms with Crippen molar-refractivity contribution in [2.24, 2.45) is 0 Å². The van der Waals surface area contributed by atoms with Crippen molar-refractivity contribution in [3.8, 4) is 0 Å². The standard InChI is InChI=1S/C13H20FNO2S/c1-3-15-9(2)12-6-10(14)4-5-13(12)18-8-11(17)7-16/h4-6,9,11,15-17H,3,7-8H2,1-2H3. The highest BCUT2D eigenvalue weighted by Crippen LogP contribution is 2.28. The van der Waals surface area contributed by atoms with Crippen LogP contribution in [0.15, 0.2) is 23.1 Å². The maximum atomic E-state index is 13.3. The van der Waals surface area contributed by atoms with Gasteiger partial charge in [-0.1, -0.05) is 6.92 Å². The smallest absolute Gasteiger partial charge is 0.123 e. The minimum atomic E-state index is -0.748. The Balaban J connectivity index is 2.82. The van der Waals surface area contributed by atoms with Crippen LogP contribution in [0, 0.1) is 5.82 Å². The number of benzene rings is 1. The predicted octanol–water partition coefficient (Wildman–Crippen LogP) is 1.94. The van der Waals surface area contributed by atoms with Crippen LogP contribution in [-0.4, -0.2) is 35.2 Å². The lowest BCUT2D eigenvalue weighted by molar-refractivity contribution is 0.113. The van der Waals surface area contributed by atoms with Crippen LogP contribution >= 0.6 is 11.8 Å². The van der Waals surface area contributed by atoms with Crippen molar-refractivity contribution in [3.63, 3.8) is 0 Å². The summed E-state index contributed by atoms with van der Waals surface area (Å²) in [5.41, 5.74) is 0.881. The summed E-state index contributed by atoms with van der Waals surface area (Å²) < 4.78 is 13.3. The lowest BCUT2D eigenvalue weighted by atomic mass is 10.1. The number of aliphatic hydroxyl groups excluding tert-OH is 2. The molecule has 0 saturated carbocycles. The molecule has 0 fully saturated rings. The molecule has 102 valence electrons. The van der Waals surface area contributed by atoms with Gasteiger partial charge in [-0.25, -0.2) is 4.39 Å². The molecule has 1 aromatic carbocycles. The van der Waals surface area contributed by atoms with Crippen LogP contribution in [0.4, 0.5) is 4.39 Å². The van der Waals surface area contributed by atoms with Crippen LogP contribution in [0.1, 0.15) is 25.5 Å². The van der Waals surface area contributed by atoms with Crippen molar-refractivity contribution in [2.75, 3.05) is 18.9 Å². The highest BCUT2D eigenvalue weighted by molar-refractivity contribution is 7.99. The van der Waals surface area contributed by atoms with E-state index in [1.165, 1.54) is 23.9 Å². The SMILES string of the molecule is CCNC(C)c1cc(F)ccc1SCC(O)CO. The van der Waals surface area contributed by atoms with Gasteiger partial charge in [0.1, 0.15) is 5.82 Å². The third-order valence-electron chi connectivity index (χ3n) is 2.59. The van der Waals surface area contributed by atoms with Gasteiger partial charge >= 0.3 is 0 Å². The summed E-state index contributed by atoms with van der Waals surface area (Å²) >= 11 is 1.43. The maximum Gasteiger partial charge on any atom is 0.123 e. The van der Waals surface area contributed by atoms with Gasteiger partial charge in [0.05, 0.1) is 12.7 Å². The Morgan fingerprint density at radius 1 is 1.44 bits per heavy atom. The minimum absolute atomic E-state index is 0.0551. The van der Waals surface area contributed by atoms with E-state index in [1.807, 2.05) is 13.8 Å². The Kier molecular flexibility index (Phi) is 6.63. The molecule has 0 aromatic heterocycles. The number of halogens is 1. The van der Waals surface area contributed by atoms with E-state index in [4.69, 9.17) is 5.11 Å². The summed E-state index contributed by atoms with van der Waals surface area (Å²) in [6.45, 7) is 4.52. The average Bonchev–Trinajstić information content (AvgIpc) is 2.37. The molecule has 0 aliphatic heterocycles. The molecule has 2 unspecified atom stereocenters. The molecule has 0 spiro atoms. The summed E-state index contributed by atoms with van der Waals surface area (Å²) in [4.78, 5) is 0.928. The van der Waals surface area contributed by atoms with E-state index < -0.39 is 6.10 Å². The number of hydrogen-bond donors (Lipinski definition) is 3. The third-order valence-corrected chi connectivity index (χ3v) is 3.82. The van der Waals surface area contributed by atoms with Gasteiger partial charge in [-0.2, -0.15) is 0 Å². The molecule has 18 heavy (non-hydrogen) atoms. The minimum Gasteiger partial charge on any atom is -0.394 e. The van der Waals surface area contributed by atoms with Gasteiger partial charge in [-0.15, -0.1) is 11.8 Å². The third kappa shape index (κ3) is 4.57. The van der Waals surface area contributed by atoms with Crippen molar-refractivity contribution in [3.05, 3.63) is 29.6 Å². The molecule has 0 saturated heterocycles. The molecule has 0 aliphatic carbocycles. The molecular formula is C13H20FNO2S. The fraction of sp³-hybridized carbons (Fsp3) is 0.538. The van der Waals surface area contributed by atoms with Crippen LogP contribution < -0.4 is 5.32 Å². The van der Waals surface area contributed by atoms with Gasteiger partial charge < -0.3 is 15.5 Å². The van der Waals surface area contributed by atoms with Gasteiger partial charge in [0.25, 0.3) is 0 Å². The largest absolute Gasteiger partial charge is 0.394 e. The van der Waals surface area contributed by atoms with Crippen molar-refractivity contribution >= 4 is 11.8 Å². The molecule has 0 bridgehead atoms. The zero-order chi connectivity index (χ0) is 13.5. The zero-order valence-corrected chi connectivity index (χ0v) is 11.5. The molecule has 3 nitrogen and oxygen atoms in total. The Labute approximate surface area is 111 Å². The van der Waals surface area contributed by atoms with Crippen molar-refractivity contribution in [2.45, 2.75) is 30.9 Å². The number of aliphatic hydroxyl groups is 2. The van der Waals surface area contributed by atoms with E-state index in [0.717, 1.165) is 17.0 Å². The van der Waals surface area contributed by atoms with Crippen LogP contribution in [-0.2, 0) is 0 Å². The lowest BCUT2D eigenvalue weighted by Gasteiger charge is -2.17. The van der Waals surface area contributed by atoms with E-state index in [0.29, 0.717) is 5.75 Å². The molecule has 1 aromatic rings. The lowest BCUT2D eigenvalue weighted by Crippen LogP contribution is -2.19. The van der Waals surface area contributed by atoms with Gasteiger partial charge in [0.2, 0.25) is 0 Å². The first-order valence-electron chi connectivity index (χ1n) is 6.03. The second kappa shape index (κ2) is 7.74. The summed E-state index contributed by atoms with van der Waals surface area (Å²) in [5, 5.41) is 21.4. The molecule has 1 rings (SSSR count). The van der Waals surface area contributed by atoms with E-state index in [2.05, 4.69) is 5.32 Å². The van der Waals surface area contributed by atoms with Crippen molar-refractivity contribution < 1.29 is 14.6 Å². The Morgan fingerprint density at radius 3 is 2.78 bits per heavy atom. The first kappa shape index (κ1) is 15.4. The summed E-state index contributed by atoms with van der Waals surface area (Å²) in [5.74, 6) is 0.135. The van der Waals surface area contributed by atoms with Gasteiger partial charge in [0, 0.05) is 16.7 Å². The van der Waals surface area contributed by atoms with Crippen molar-refractivity contribution in [1.82, 2.24) is 5.32 Å². The number of rotatable bonds is 7. The fourth-order valence-electron chi connectivity index (χ4n) is 1.64. The van der Waals surface area contributed by atoms with Gasteiger partial charge in [0.15, 0.2) is 0 Å². The topological polar surface area (TPSA) is 52.5 Å². The van der Waals surface area contributed by atoms with Crippen molar-refractivity contribution in [1.29, 1.82) is 0 Å². The molecule has 0 radical (unpaired) electrons. The number of nitrogens with one attached hydrogen (secondary N) is 1. The quantitative estimate of drug-likeness (QED) is 0.665. The van der Waals surface area contributed by atoms with E-state index in [1.54, 1.807) is 6.07 Å². The predicted molar refractivity (Wildman–Crippen MR) is 72.3 cm³/mol. The maximum absolute atomic E-state index is 13.3. The van der Waals surface area contributed by atoms with Crippen LogP contribution in [0.5, 0.6) is 0 Å². The normalized spacial score (nSPS) is 14.5. The Bertz CT molecular complexity index is 376. The van der Waals surface area contributed by atoms with E-state index in [-0.39, 0.29) is 18.5 Å². The fourth-order valence-corrected chi connectivity index (χ4v) is 2.69. The molecule has 0 aliphatic rings. The van der Waals surface area contributed by atoms with Gasteiger partial charge in [-0.3, -0.25) is 0 Å². The average molecular weight is 273 g/mol. The van der Waals surface area contributed by atoms with Gasteiger partial charge in [-0.05, 0) is 37.2 Å². The molecule has 3 N–H and O–H groups in total. The summed E-state index contributed by atoms with van der Waals surface area (Å²) in [7, 11) is 0. The summed E-state index contributed by atoms with van der Waals surface area (Å²) in [6.07, 6.45) is -0.748. The molecule has 5 heteroatoms. The van der Waals surface area contributed by atoms with Crippen LogP contribution in [0.2, 0.25) is 0 Å². The zero-order valence-electron chi connectivity index (χ0n) is 10.7. The highest BCUT2D eigenvalue weighted by Gasteiger charge is 2.12. The molecular weight excluding hydrogens is 253 g/mol. The summed E-state index contributed by atoms with van der Waals surface area (Å²) in [6, 6.07) is 4.70. The monoisotopic (exact) mass is 273 g/mol. The number of hydrogen-bond acceptors (Lipinski definition) is 4. The first-order valence-corrected chi connectivity index (χ1v) is 7.01. The molecule has 0 heterocycles. The van der Waals surface area contributed by atoms with E-state index >= 15 is 0 Å². The Hall–Kier alpha value is -0.620. The van der Waals surface area contributed by atoms with E-state index in [9.17, 15) is 9.50 Å². The Morgan fingerprint density at radius 2 is 2.17 bits per heavy atom. The second-order valence-electron chi connectivity index (χ2n) is 4.11. The first-order chi connectivity index (χ1) is 8.58. The molecule has 2 atom stereocenters. The van der Waals surface area contributed by atoms with Crippen LogP contribution in [0.25, 0.3) is 0 Å².